The highest BCUT2D eigenvalue weighted by Gasteiger charge is 2.31. The van der Waals surface area contributed by atoms with Crippen LogP contribution in [0.4, 0.5) is 13.2 Å². The summed E-state index contributed by atoms with van der Waals surface area (Å²) in [6.45, 7) is 1.51. The van der Waals surface area contributed by atoms with Gasteiger partial charge in [0.2, 0.25) is 0 Å². The molecule has 0 saturated carbocycles. The largest absolute Gasteiger partial charge is 0.481 e. The van der Waals surface area contributed by atoms with Crippen molar-refractivity contribution in [1.82, 2.24) is 4.57 Å². The van der Waals surface area contributed by atoms with Crippen LogP contribution < -0.4 is 0 Å². The van der Waals surface area contributed by atoms with Gasteiger partial charge in [0, 0.05) is 24.1 Å². The van der Waals surface area contributed by atoms with E-state index >= 15 is 0 Å². The molecular formula is C13H12F3NO2. The maximum atomic E-state index is 12.6. The lowest BCUT2D eigenvalue weighted by atomic mass is 10.00. The highest BCUT2D eigenvalue weighted by Crippen LogP contribution is 2.34. The molecule has 2 aromatic rings. The van der Waals surface area contributed by atoms with Crippen LogP contribution in [-0.2, 0) is 18.0 Å². The first-order chi connectivity index (χ1) is 8.71. The number of alkyl halides is 3. The number of hydrogen-bond donors (Lipinski definition) is 1. The number of benzene rings is 1. The average molecular weight is 271 g/mol. The molecule has 1 heterocycles. The number of carboxylic acid groups (broad SMARTS) is 1. The Balaban J connectivity index is 2.64. The van der Waals surface area contributed by atoms with E-state index in [2.05, 4.69) is 0 Å². The van der Waals surface area contributed by atoms with Crippen molar-refractivity contribution in [2.45, 2.75) is 19.0 Å². The standard InChI is InChI=1S/C13H12F3NO2/c1-7(12(18)19)10-6-17(2)11-5-8(13(14,15)16)3-4-9(10)11/h3-7H,1-2H3,(H,18,19). The molecule has 1 aromatic heterocycles. The molecule has 1 aromatic carbocycles. The summed E-state index contributed by atoms with van der Waals surface area (Å²) in [6.07, 6.45) is -2.85. The van der Waals surface area contributed by atoms with E-state index in [0.29, 0.717) is 16.5 Å². The van der Waals surface area contributed by atoms with Crippen LogP contribution in [0.25, 0.3) is 10.9 Å². The quantitative estimate of drug-likeness (QED) is 0.909. The molecule has 1 unspecified atom stereocenters. The number of fused-ring (bicyclic) bond motifs is 1. The zero-order valence-corrected chi connectivity index (χ0v) is 10.3. The van der Waals surface area contributed by atoms with Gasteiger partial charge in [-0.1, -0.05) is 6.07 Å². The first kappa shape index (κ1) is 13.5. The summed E-state index contributed by atoms with van der Waals surface area (Å²) in [5.74, 6) is -1.77. The van der Waals surface area contributed by atoms with Gasteiger partial charge in [-0.05, 0) is 24.6 Å². The fourth-order valence-corrected chi connectivity index (χ4v) is 2.07. The smallest absolute Gasteiger partial charge is 0.416 e. The third-order valence-electron chi connectivity index (χ3n) is 3.19. The van der Waals surface area contributed by atoms with Crippen molar-refractivity contribution in [3.63, 3.8) is 0 Å². The first-order valence-corrected chi connectivity index (χ1v) is 5.61. The minimum Gasteiger partial charge on any atom is -0.481 e. The molecule has 2 rings (SSSR count). The molecule has 0 aliphatic rings. The van der Waals surface area contributed by atoms with Gasteiger partial charge in [0.25, 0.3) is 0 Å². The molecular weight excluding hydrogens is 259 g/mol. The van der Waals surface area contributed by atoms with Crippen LogP contribution in [0.2, 0.25) is 0 Å². The lowest BCUT2D eigenvalue weighted by Gasteiger charge is -2.08. The monoisotopic (exact) mass is 271 g/mol. The van der Waals surface area contributed by atoms with Crippen LogP contribution in [0.3, 0.4) is 0 Å². The minimum absolute atomic E-state index is 0.373. The third kappa shape index (κ3) is 2.30. The Morgan fingerprint density at radius 3 is 2.53 bits per heavy atom. The van der Waals surface area contributed by atoms with Gasteiger partial charge in [-0.25, -0.2) is 0 Å². The van der Waals surface area contributed by atoms with Crippen LogP contribution in [0.5, 0.6) is 0 Å². The Kier molecular flexibility index (Phi) is 3.04. The van der Waals surface area contributed by atoms with Gasteiger partial charge in [-0.2, -0.15) is 13.2 Å². The van der Waals surface area contributed by atoms with Crippen molar-refractivity contribution >= 4 is 16.9 Å². The predicted octanol–water partition coefficient (Wildman–Crippen LogP) is 3.39. The Morgan fingerprint density at radius 1 is 1.37 bits per heavy atom. The van der Waals surface area contributed by atoms with Crippen LogP contribution in [-0.4, -0.2) is 15.6 Å². The molecule has 6 heteroatoms. The second-order valence-corrected chi connectivity index (χ2v) is 4.48. The number of rotatable bonds is 2. The zero-order chi connectivity index (χ0) is 14.4. The molecule has 0 radical (unpaired) electrons. The molecule has 1 N–H and O–H groups in total. The van der Waals surface area contributed by atoms with E-state index in [1.165, 1.54) is 17.6 Å². The molecule has 19 heavy (non-hydrogen) atoms. The van der Waals surface area contributed by atoms with Crippen LogP contribution in [0.1, 0.15) is 24.0 Å². The molecule has 3 nitrogen and oxygen atoms in total. The van der Waals surface area contributed by atoms with Crippen LogP contribution in [0.15, 0.2) is 24.4 Å². The number of halogens is 3. The van der Waals surface area contributed by atoms with E-state index in [4.69, 9.17) is 5.11 Å². The number of aliphatic carboxylic acids is 1. The maximum absolute atomic E-state index is 12.6. The normalized spacial score (nSPS) is 13.7. The summed E-state index contributed by atoms with van der Waals surface area (Å²) >= 11 is 0. The Labute approximate surface area is 107 Å². The molecule has 1 atom stereocenters. The summed E-state index contributed by atoms with van der Waals surface area (Å²) in [6, 6.07) is 3.33. The second kappa shape index (κ2) is 4.29. The molecule has 0 aliphatic carbocycles. The van der Waals surface area contributed by atoms with Crippen molar-refractivity contribution in [2.24, 2.45) is 7.05 Å². The maximum Gasteiger partial charge on any atom is 0.416 e. The van der Waals surface area contributed by atoms with E-state index in [0.717, 1.165) is 12.1 Å². The highest BCUT2D eigenvalue weighted by molar-refractivity contribution is 5.90. The van der Waals surface area contributed by atoms with Crippen molar-refractivity contribution in [3.8, 4) is 0 Å². The van der Waals surface area contributed by atoms with E-state index in [-0.39, 0.29) is 0 Å². The van der Waals surface area contributed by atoms with Crippen molar-refractivity contribution in [2.75, 3.05) is 0 Å². The Bertz CT molecular complexity index is 643. The van der Waals surface area contributed by atoms with Gasteiger partial charge in [-0.15, -0.1) is 0 Å². The zero-order valence-electron chi connectivity index (χ0n) is 10.3. The van der Waals surface area contributed by atoms with Crippen LogP contribution in [0, 0.1) is 0 Å². The van der Waals surface area contributed by atoms with Gasteiger partial charge in [0.1, 0.15) is 0 Å². The number of carboxylic acids is 1. The van der Waals surface area contributed by atoms with Crippen molar-refractivity contribution < 1.29 is 23.1 Å². The topological polar surface area (TPSA) is 42.2 Å². The lowest BCUT2D eigenvalue weighted by molar-refractivity contribution is -0.138. The van der Waals surface area contributed by atoms with Gasteiger partial charge < -0.3 is 9.67 Å². The molecule has 102 valence electrons. The average Bonchev–Trinajstić information content (AvgIpc) is 2.64. The molecule has 0 aliphatic heterocycles. The van der Waals surface area contributed by atoms with E-state index in [9.17, 15) is 18.0 Å². The highest BCUT2D eigenvalue weighted by atomic mass is 19.4. The summed E-state index contributed by atoms with van der Waals surface area (Å²) in [4.78, 5) is 11.0. The van der Waals surface area contributed by atoms with Crippen LogP contribution >= 0.6 is 0 Å². The number of nitrogens with zero attached hydrogens (tertiary/aromatic N) is 1. The molecule has 0 saturated heterocycles. The minimum atomic E-state index is -4.41. The van der Waals surface area contributed by atoms with Crippen molar-refractivity contribution in [1.29, 1.82) is 0 Å². The summed E-state index contributed by atoms with van der Waals surface area (Å²) in [7, 11) is 1.60. The van der Waals surface area contributed by atoms with Gasteiger partial charge in [-0.3, -0.25) is 4.79 Å². The van der Waals surface area contributed by atoms with Gasteiger partial charge in [0.05, 0.1) is 11.5 Å². The van der Waals surface area contributed by atoms with Crippen molar-refractivity contribution in [3.05, 3.63) is 35.5 Å². The summed E-state index contributed by atoms with van der Waals surface area (Å²) < 4.78 is 39.4. The number of carbonyl (C=O) groups is 1. The van der Waals surface area contributed by atoms with E-state index in [1.54, 1.807) is 13.2 Å². The second-order valence-electron chi connectivity index (χ2n) is 4.48. The molecule has 0 amide bonds. The first-order valence-electron chi connectivity index (χ1n) is 5.61. The summed E-state index contributed by atoms with van der Waals surface area (Å²) in [5, 5.41) is 9.53. The molecule has 0 bridgehead atoms. The lowest BCUT2D eigenvalue weighted by Crippen LogP contribution is -2.07. The number of aromatic nitrogens is 1. The fraction of sp³-hybridized carbons (Fsp3) is 0.308. The Hall–Kier alpha value is -1.98. The van der Waals surface area contributed by atoms with Gasteiger partial charge >= 0.3 is 12.1 Å². The van der Waals surface area contributed by atoms with Gasteiger partial charge in [0.15, 0.2) is 0 Å². The SMILES string of the molecule is CC(C(=O)O)c1cn(C)c2cc(C(F)(F)F)ccc12. The number of hydrogen-bond acceptors (Lipinski definition) is 1. The predicted molar refractivity (Wildman–Crippen MR) is 64.0 cm³/mol. The molecule has 0 fully saturated rings. The summed E-state index contributed by atoms with van der Waals surface area (Å²) in [5.41, 5.74) is 0.146. The fourth-order valence-electron chi connectivity index (χ4n) is 2.07. The van der Waals surface area contributed by atoms with E-state index in [1.807, 2.05) is 0 Å². The Morgan fingerprint density at radius 2 is 2.00 bits per heavy atom. The third-order valence-corrected chi connectivity index (χ3v) is 3.19. The molecule has 0 spiro atoms. The number of aryl methyl sites for hydroxylation is 1. The van der Waals surface area contributed by atoms with E-state index < -0.39 is 23.6 Å².